The van der Waals surface area contributed by atoms with Gasteiger partial charge in [-0.05, 0) is 0 Å². The zero-order valence-corrected chi connectivity index (χ0v) is 6.31. The largest absolute Gasteiger partial charge is 4.00 e. The Balaban J connectivity index is 0. The first-order chi connectivity index (χ1) is 0. The van der Waals surface area contributed by atoms with Crippen LogP contribution in [-0.4, -0.2) is 21.9 Å². The standard InChI is InChI=1S/Mn.4H2O.Zr/h;4*1H2;/q;;;;;+4/p-4. The first-order valence-corrected chi connectivity index (χ1v) is 0. The van der Waals surface area contributed by atoms with Gasteiger partial charge in [0.1, 0.15) is 0 Å². The SMILES string of the molecule is [Mn].[OH-].[OH-].[OH-].[OH-].[Zr+4]. The van der Waals surface area contributed by atoms with Crippen molar-refractivity contribution in [3.8, 4) is 0 Å². The molecule has 0 aliphatic rings. The van der Waals surface area contributed by atoms with Gasteiger partial charge in [-0.3, -0.25) is 0 Å². The van der Waals surface area contributed by atoms with Gasteiger partial charge in [-0.1, -0.05) is 0 Å². The van der Waals surface area contributed by atoms with Gasteiger partial charge in [0.15, 0.2) is 0 Å². The summed E-state index contributed by atoms with van der Waals surface area (Å²) in [6.07, 6.45) is 0. The summed E-state index contributed by atoms with van der Waals surface area (Å²) < 4.78 is 0. The molecule has 0 rings (SSSR count). The molecule has 0 aromatic carbocycles. The van der Waals surface area contributed by atoms with Gasteiger partial charge in [-0.2, -0.15) is 0 Å². The van der Waals surface area contributed by atoms with Crippen LogP contribution in [-0.2, 0) is 43.3 Å². The van der Waals surface area contributed by atoms with E-state index >= 15 is 0 Å². The predicted molar refractivity (Wildman–Crippen MR) is 7.74 cm³/mol. The Kier molecular flexibility index (Phi) is 3390. The third kappa shape index (κ3) is 61.1. The van der Waals surface area contributed by atoms with Crippen LogP contribution in [0, 0.1) is 0 Å². The summed E-state index contributed by atoms with van der Waals surface area (Å²) >= 11 is 0. The van der Waals surface area contributed by atoms with Gasteiger partial charge >= 0.3 is 26.2 Å². The van der Waals surface area contributed by atoms with Gasteiger partial charge in [0.25, 0.3) is 0 Å². The summed E-state index contributed by atoms with van der Waals surface area (Å²) in [6, 6.07) is 0. The van der Waals surface area contributed by atoms with E-state index in [1.54, 1.807) is 0 Å². The zero-order valence-electron chi connectivity index (χ0n) is 2.67. The Morgan fingerprint density at radius 2 is 0.500 bits per heavy atom. The van der Waals surface area contributed by atoms with Crippen molar-refractivity contribution in [2.45, 2.75) is 0 Å². The maximum Gasteiger partial charge on any atom is 4.00 e. The maximum atomic E-state index is 0. The molecule has 39 valence electrons. The second-order valence-corrected chi connectivity index (χ2v) is 0. The first kappa shape index (κ1) is 183. The van der Waals surface area contributed by atoms with Crippen LogP contribution in [0.25, 0.3) is 0 Å². The second-order valence-electron chi connectivity index (χ2n) is 0. The molecule has 0 saturated carbocycles. The normalized spacial score (nSPS) is 0. The Hall–Kier alpha value is 1.24. The van der Waals surface area contributed by atoms with Crippen LogP contribution >= 0.6 is 0 Å². The monoisotopic (exact) mass is 213 g/mol. The van der Waals surface area contributed by atoms with E-state index < -0.39 is 0 Å². The van der Waals surface area contributed by atoms with Crippen molar-refractivity contribution in [3.05, 3.63) is 0 Å². The summed E-state index contributed by atoms with van der Waals surface area (Å²) in [7, 11) is 0. The molecule has 0 heterocycles. The van der Waals surface area contributed by atoms with Gasteiger partial charge in [-0.15, -0.1) is 0 Å². The Bertz CT molecular complexity index is 7.51. The molecule has 0 fully saturated rings. The minimum absolute atomic E-state index is 0. The van der Waals surface area contributed by atoms with Crippen LogP contribution in [0.5, 0.6) is 0 Å². The molecule has 0 aliphatic heterocycles. The molecule has 0 unspecified atom stereocenters. The van der Waals surface area contributed by atoms with E-state index in [1.807, 2.05) is 0 Å². The van der Waals surface area contributed by atoms with Crippen LogP contribution in [0.3, 0.4) is 0 Å². The van der Waals surface area contributed by atoms with Crippen molar-refractivity contribution in [3.63, 3.8) is 0 Å². The summed E-state index contributed by atoms with van der Waals surface area (Å²) in [4.78, 5) is 0. The van der Waals surface area contributed by atoms with E-state index in [2.05, 4.69) is 0 Å². The third-order valence-electron chi connectivity index (χ3n) is 0. The average molecular weight is 214 g/mol. The summed E-state index contributed by atoms with van der Waals surface area (Å²) in [5, 5.41) is 0. The minimum atomic E-state index is 0. The van der Waals surface area contributed by atoms with Gasteiger partial charge in [0.05, 0.1) is 0 Å². The minimum Gasteiger partial charge on any atom is -0.870 e. The number of hydrogen-bond donors (Lipinski definition) is 0. The van der Waals surface area contributed by atoms with Gasteiger partial charge in [0.2, 0.25) is 0 Å². The van der Waals surface area contributed by atoms with E-state index in [0.717, 1.165) is 0 Å². The van der Waals surface area contributed by atoms with Crippen molar-refractivity contribution in [2.24, 2.45) is 0 Å². The van der Waals surface area contributed by atoms with Crippen molar-refractivity contribution in [2.75, 3.05) is 0 Å². The molecule has 6 heteroatoms. The first-order valence-electron chi connectivity index (χ1n) is 0. The average Bonchev–Trinajstić information content (AvgIpc) is 0. The molecule has 0 bridgehead atoms. The van der Waals surface area contributed by atoms with Crippen molar-refractivity contribution < 1.29 is 65.2 Å². The molecule has 0 aromatic rings. The molecule has 6 heavy (non-hydrogen) atoms. The van der Waals surface area contributed by atoms with E-state index in [-0.39, 0.29) is 65.2 Å². The smallest absolute Gasteiger partial charge is 0.870 e. The van der Waals surface area contributed by atoms with Gasteiger partial charge in [-0.25, -0.2) is 0 Å². The molecule has 4 nitrogen and oxygen atoms in total. The summed E-state index contributed by atoms with van der Waals surface area (Å²) in [5.41, 5.74) is 0. The number of hydrogen-bond acceptors (Lipinski definition) is 4. The molecular weight excluding hydrogens is 210 g/mol. The van der Waals surface area contributed by atoms with Gasteiger partial charge < -0.3 is 21.9 Å². The van der Waals surface area contributed by atoms with Crippen LogP contribution in [0.15, 0.2) is 0 Å². The summed E-state index contributed by atoms with van der Waals surface area (Å²) in [5.74, 6) is 0. The Morgan fingerprint density at radius 3 is 0.500 bits per heavy atom. The zero-order chi connectivity index (χ0) is 0. The maximum absolute atomic E-state index is 0. The van der Waals surface area contributed by atoms with E-state index in [0.29, 0.717) is 0 Å². The van der Waals surface area contributed by atoms with Crippen molar-refractivity contribution >= 4 is 0 Å². The topological polar surface area (TPSA) is 120 Å². The molecule has 0 amide bonds. The fourth-order valence-electron chi connectivity index (χ4n) is 0. The predicted octanol–water partition coefficient (Wildman–Crippen LogP) is -0.712. The molecule has 4 N–H and O–H groups in total. The molecule has 0 saturated heterocycles. The molecule has 0 aliphatic carbocycles. The molecule has 0 atom stereocenters. The third-order valence-corrected chi connectivity index (χ3v) is 0. The fraction of sp³-hybridized carbons (Fsp3) is 0. The molecule has 0 aromatic heterocycles. The molecular formula is H4MnO4Zr. The van der Waals surface area contributed by atoms with Gasteiger partial charge in [0, 0.05) is 17.1 Å². The number of rotatable bonds is 0. The summed E-state index contributed by atoms with van der Waals surface area (Å²) in [6.45, 7) is 0. The fourth-order valence-corrected chi connectivity index (χ4v) is 0. The molecule has 1 radical (unpaired) electrons. The Morgan fingerprint density at radius 1 is 0.500 bits per heavy atom. The van der Waals surface area contributed by atoms with Crippen LogP contribution in [0.4, 0.5) is 0 Å². The van der Waals surface area contributed by atoms with Crippen LogP contribution in [0.2, 0.25) is 0 Å². The van der Waals surface area contributed by atoms with Crippen molar-refractivity contribution in [1.82, 2.24) is 0 Å². The quantitative estimate of drug-likeness (QED) is 0.494. The van der Waals surface area contributed by atoms with Crippen molar-refractivity contribution in [1.29, 1.82) is 0 Å². The van der Waals surface area contributed by atoms with E-state index in [9.17, 15) is 0 Å². The second kappa shape index (κ2) is 111. The van der Waals surface area contributed by atoms with E-state index in [4.69, 9.17) is 0 Å². The Labute approximate surface area is 65.1 Å². The van der Waals surface area contributed by atoms with Crippen LogP contribution < -0.4 is 0 Å². The van der Waals surface area contributed by atoms with E-state index in [1.165, 1.54) is 0 Å². The molecule has 0 spiro atoms. The van der Waals surface area contributed by atoms with Crippen LogP contribution in [0.1, 0.15) is 0 Å².